The van der Waals surface area contributed by atoms with Crippen LogP contribution in [0.1, 0.15) is 13.8 Å². The third-order valence-corrected chi connectivity index (χ3v) is 4.13. The lowest BCUT2D eigenvalue weighted by Gasteiger charge is -2.35. The molecule has 0 aliphatic carbocycles. The highest BCUT2D eigenvalue weighted by Gasteiger charge is 2.26. The fraction of sp³-hybridized carbons (Fsp3) is 0.500. The first-order valence-corrected chi connectivity index (χ1v) is 8.05. The van der Waals surface area contributed by atoms with Crippen molar-refractivity contribution in [3.63, 3.8) is 0 Å². The van der Waals surface area contributed by atoms with Gasteiger partial charge >= 0.3 is 0 Å². The second-order valence-corrected chi connectivity index (χ2v) is 6.69. The van der Waals surface area contributed by atoms with E-state index in [1.807, 2.05) is 32.0 Å². The van der Waals surface area contributed by atoms with E-state index in [4.69, 9.17) is 9.47 Å². The molecule has 4 nitrogen and oxygen atoms in total. The lowest BCUT2D eigenvalue weighted by Crippen LogP contribution is -2.49. The summed E-state index contributed by atoms with van der Waals surface area (Å²) >= 11 is 6.79. The first-order chi connectivity index (χ1) is 9.45. The Morgan fingerprint density at radius 1 is 1.35 bits per heavy atom. The Bertz CT molecular complexity index is 485. The van der Waals surface area contributed by atoms with Gasteiger partial charge in [0.1, 0.15) is 5.75 Å². The minimum atomic E-state index is -0.0122. The summed E-state index contributed by atoms with van der Waals surface area (Å²) in [5.74, 6) is 0.651. The number of hydrogen-bond acceptors (Lipinski definition) is 3. The number of halogens is 2. The summed E-state index contributed by atoms with van der Waals surface area (Å²) in [6, 6.07) is 5.59. The normalized spacial score (nSPS) is 22.7. The molecule has 0 spiro atoms. The number of carbonyl (C=O) groups is 1. The Morgan fingerprint density at radius 2 is 2.00 bits per heavy atom. The van der Waals surface area contributed by atoms with Gasteiger partial charge in [0.05, 0.1) is 16.7 Å². The van der Waals surface area contributed by atoms with Crippen molar-refractivity contribution in [2.75, 3.05) is 19.7 Å². The molecule has 20 heavy (non-hydrogen) atoms. The van der Waals surface area contributed by atoms with Crippen molar-refractivity contribution in [3.8, 4) is 5.75 Å². The van der Waals surface area contributed by atoms with Crippen molar-refractivity contribution >= 4 is 37.8 Å². The van der Waals surface area contributed by atoms with Crippen LogP contribution in [0.25, 0.3) is 0 Å². The zero-order valence-corrected chi connectivity index (χ0v) is 14.6. The molecule has 110 valence electrons. The van der Waals surface area contributed by atoms with Crippen LogP contribution in [0.2, 0.25) is 0 Å². The molecule has 1 fully saturated rings. The second-order valence-electron chi connectivity index (χ2n) is 4.92. The summed E-state index contributed by atoms with van der Waals surface area (Å²) in [5.41, 5.74) is 0. The SMILES string of the molecule is C[C@@H]1CN(C(=O)COc2ccc(Br)cc2Br)C[C@@H](C)O1. The predicted molar refractivity (Wildman–Crippen MR) is 83.9 cm³/mol. The number of morpholine rings is 1. The number of ether oxygens (including phenoxy) is 2. The topological polar surface area (TPSA) is 38.8 Å². The lowest BCUT2D eigenvalue weighted by atomic mass is 10.2. The molecule has 6 heteroatoms. The van der Waals surface area contributed by atoms with E-state index in [0.29, 0.717) is 18.8 Å². The van der Waals surface area contributed by atoms with Crippen LogP contribution < -0.4 is 4.74 Å². The maximum atomic E-state index is 12.2. The van der Waals surface area contributed by atoms with Crippen LogP contribution in [-0.2, 0) is 9.53 Å². The Labute approximate surface area is 135 Å². The van der Waals surface area contributed by atoms with Gasteiger partial charge in [0.2, 0.25) is 0 Å². The Kier molecular flexibility index (Phi) is 5.46. The fourth-order valence-electron chi connectivity index (χ4n) is 2.20. The van der Waals surface area contributed by atoms with E-state index >= 15 is 0 Å². The van der Waals surface area contributed by atoms with Crippen molar-refractivity contribution in [2.45, 2.75) is 26.1 Å². The zero-order valence-electron chi connectivity index (χ0n) is 11.4. The highest BCUT2D eigenvalue weighted by Crippen LogP contribution is 2.28. The van der Waals surface area contributed by atoms with Gasteiger partial charge in [-0.25, -0.2) is 0 Å². The van der Waals surface area contributed by atoms with Gasteiger partial charge < -0.3 is 14.4 Å². The number of benzene rings is 1. The van der Waals surface area contributed by atoms with Crippen molar-refractivity contribution in [3.05, 3.63) is 27.1 Å². The minimum absolute atomic E-state index is 0.0122. The second kappa shape index (κ2) is 6.91. The summed E-state index contributed by atoms with van der Waals surface area (Å²) in [6.07, 6.45) is 0.143. The largest absolute Gasteiger partial charge is 0.483 e. The van der Waals surface area contributed by atoms with Gasteiger partial charge in [0, 0.05) is 17.6 Å². The first-order valence-electron chi connectivity index (χ1n) is 6.47. The van der Waals surface area contributed by atoms with E-state index in [2.05, 4.69) is 31.9 Å². The maximum absolute atomic E-state index is 12.2. The highest BCUT2D eigenvalue weighted by atomic mass is 79.9. The highest BCUT2D eigenvalue weighted by molar-refractivity contribution is 9.11. The molecule has 1 amide bonds. The average molecular weight is 407 g/mol. The van der Waals surface area contributed by atoms with Crippen LogP contribution in [0.15, 0.2) is 27.1 Å². The third-order valence-electron chi connectivity index (χ3n) is 3.02. The molecule has 1 saturated heterocycles. The molecule has 0 aromatic heterocycles. The Morgan fingerprint density at radius 3 is 2.60 bits per heavy atom. The van der Waals surface area contributed by atoms with Gasteiger partial charge in [-0.2, -0.15) is 0 Å². The van der Waals surface area contributed by atoms with E-state index in [-0.39, 0.29) is 24.7 Å². The van der Waals surface area contributed by atoms with E-state index in [1.54, 1.807) is 4.90 Å². The van der Waals surface area contributed by atoms with Gasteiger partial charge in [-0.1, -0.05) is 15.9 Å². The summed E-state index contributed by atoms with van der Waals surface area (Å²) in [6.45, 7) is 5.23. The van der Waals surface area contributed by atoms with E-state index in [1.165, 1.54) is 0 Å². The molecule has 2 atom stereocenters. The van der Waals surface area contributed by atoms with Crippen LogP contribution in [0, 0.1) is 0 Å². The molecule has 1 aromatic carbocycles. The number of carbonyl (C=O) groups excluding carboxylic acids is 1. The number of amides is 1. The van der Waals surface area contributed by atoms with Crippen LogP contribution in [0.3, 0.4) is 0 Å². The van der Waals surface area contributed by atoms with Gasteiger partial charge in [-0.05, 0) is 48.0 Å². The van der Waals surface area contributed by atoms with Crippen LogP contribution in [0.5, 0.6) is 5.75 Å². The molecule has 1 aliphatic rings. The molecular weight excluding hydrogens is 390 g/mol. The Balaban J connectivity index is 1.91. The van der Waals surface area contributed by atoms with E-state index in [0.717, 1.165) is 8.95 Å². The third kappa shape index (κ3) is 4.20. The van der Waals surface area contributed by atoms with Crippen LogP contribution in [0.4, 0.5) is 0 Å². The standard InChI is InChI=1S/C14H17Br2NO3/c1-9-6-17(7-10(2)20-9)14(18)8-19-13-4-3-11(15)5-12(13)16/h3-5,9-10H,6-8H2,1-2H3/t9-,10-/m1/s1. The summed E-state index contributed by atoms with van der Waals surface area (Å²) < 4.78 is 13.0. The number of nitrogens with zero attached hydrogens (tertiary/aromatic N) is 1. The molecule has 0 N–H and O–H groups in total. The lowest BCUT2D eigenvalue weighted by molar-refractivity contribution is -0.145. The summed E-state index contributed by atoms with van der Waals surface area (Å²) in [4.78, 5) is 14.0. The monoisotopic (exact) mass is 405 g/mol. The molecular formula is C14H17Br2NO3. The molecule has 0 bridgehead atoms. The van der Waals surface area contributed by atoms with Gasteiger partial charge in [0.15, 0.2) is 6.61 Å². The van der Waals surface area contributed by atoms with Gasteiger partial charge in [0.25, 0.3) is 5.91 Å². The zero-order chi connectivity index (χ0) is 14.7. The van der Waals surface area contributed by atoms with Gasteiger partial charge in [-0.15, -0.1) is 0 Å². The van der Waals surface area contributed by atoms with Crippen molar-refractivity contribution < 1.29 is 14.3 Å². The fourth-order valence-corrected chi connectivity index (χ4v) is 3.37. The smallest absolute Gasteiger partial charge is 0.260 e. The van der Waals surface area contributed by atoms with Crippen molar-refractivity contribution in [2.24, 2.45) is 0 Å². The molecule has 0 unspecified atom stereocenters. The quantitative estimate of drug-likeness (QED) is 0.773. The van der Waals surface area contributed by atoms with E-state index < -0.39 is 0 Å². The molecule has 0 radical (unpaired) electrons. The van der Waals surface area contributed by atoms with Crippen molar-refractivity contribution in [1.82, 2.24) is 4.90 Å². The minimum Gasteiger partial charge on any atom is -0.483 e. The molecule has 1 heterocycles. The predicted octanol–water partition coefficient (Wildman–Crippen LogP) is 3.23. The van der Waals surface area contributed by atoms with Gasteiger partial charge in [-0.3, -0.25) is 4.79 Å². The van der Waals surface area contributed by atoms with Crippen molar-refractivity contribution in [1.29, 1.82) is 0 Å². The van der Waals surface area contributed by atoms with E-state index in [9.17, 15) is 4.79 Å². The number of hydrogen-bond donors (Lipinski definition) is 0. The summed E-state index contributed by atoms with van der Waals surface area (Å²) in [5, 5.41) is 0. The maximum Gasteiger partial charge on any atom is 0.260 e. The molecule has 0 saturated carbocycles. The van der Waals surface area contributed by atoms with Crippen LogP contribution >= 0.6 is 31.9 Å². The molecule has 2 rings (SSSR count). The van der Waals surface area contributed by atoms with Crippen LogP contribution in [-0.4, -0.2) is 42.7 Å². The average Bonchev–Trinajstić information content (AvgIpc) is 2.36. The summed E-state index contributed by atoms with van der Waals surface area (Å²) in [7, 11) is 0. The molecule has 1 aliphatic heterocycles. The first kappa shape index (κ1) is 15.8. The number of rotatable bonds is 3. The molecule has 1 aromatic rings. The Hall–Kier alpha value is -0.590.